The van der Waals surface area contributed by atoms with Gasteiger partial charge in [-0.25, -0.2) is 8.78 Å². The van der Waals surface area contributed by atoms with Crippen LogP contribution in [0.4, 0.5) is 13.8 Å². The van der Waals surface area contributed by atoms with Gasteiger partial charge in [-0.15, -0.1) is 11.3 Å². The normalized spacial score (nSPS) is 10.7. The lowest BCUT2D eigenvalue weighted by Gasteiger charge is -2.05. The summed E-state index contributed by atoms with van der Waals surface area (Å²) in [6, 6.07) is 2.03. The Labute approximate surface area is 194 Å². The highest BCUT2D eigenvalue weighted by Crippen LogP contribution is 2.36. The Kier molecular flexibility index (Phi) is 12.8. The van der Waals surface area contributed by atoms with E-state index in [0.29, 0.717) is 11.4 Å². The first kappa shape index (κ1) is 29.0. The number of Topliss-reactive ketones (excluding diaryl/α,β-unsaturated/α-hetero) is 1. The maximum Gasteiger partial charge on any atom is 0.191 e. The van der Waals surface area contributed by atoms with Gasteiger partial charge >= 0.3 is 0 Å². The zero-order valence-electron chi connectivity index (χ0n) is 17.7. The summed E-state index contributed by atoms with van der Waals surface area (Å²) in [5.41, 5.74) is 17.6. The van der Waals surface area contributed by atoms with Crippen molar-refractivity contribution in [1.29, 1.82) is 0 Å². The van der Waals surface area contributed by atoms with Crippen LogP contribution in [0.25, 0.3) is 11.1 Å². The van der Waals surface area contributed by atoms with Crippen molar-refractivity contribution >= 4 is 40.0 Å². The first-order valence-corrected chi connectivity index (χ1v) is 10.3. The lowest BCUT2D eigenvalue weighted by atomic mass is 10.0. The molecule has 10 heteroatoms. The number of carbonyl (C=O) groups is 2. The maximum absolute atomic E-state index is 13.4. The Morgan fingerprint density at radius 1 is 1.19 bits per heavy atom. The number of allylic oxidation sites excluding steroid dienone is 2. The predicted octanol–water partition coefficient (Wildman–Crippen LogP) is 4.43. The first-order valence-electron chi connectivity index (χ1n) is 9.06. The van der Waals surface area contributed by atoms with E-state index < -0.39 is 29.0 Å². The summed E-state index contributed by atoms with van der Waals surface area (Å²) in [5, 5.41) is 9.96. The number of hydrogen-bond acceptors (Lipinski definition) is 7. The Balaban J connectivity index is 0.000000613. The lowest BCUT2D eigenvalue weighted by molar-refractivity contribution is -0.110. The molecule has 0 spiro atoms. The van der Waals surface area contributed by atoms with Crippen molar-refractivity contribution in [2.24, 2.45) is 17.4 Å². The number of anilines is 1. The molecule has 0 radical (unpaired) electrons. The molecule has 0 saturated heterocycles. The Morgan fingerprint density at radius 3 is 1.97 bits per heavy atom. The van der Waals surface area contributed by atoms with E-state index in [0.717, 1.165) is 29.8 Å². The summed E-state index contributed by atoms with van der Waals surface area (Å²) < 4.78 is 26.8. The first-order chi connectivity index (χ1) is 14.9. The molecular formula is C22H26ClF2N3O3S. The van der Waals surface area contributed by atoms with Crippen molar-refractivity contribution < 1.29 is 23.5 Å². The third-order valence-corrected chi connectivity index (χ3v) is 4.75. The minimum atomic E-state index is -0.927. The summed E-state index contributed by atoms with van der Waals surface area (Å²) in [5.74, 6) is -2.26. The number of ketones is 1. The minimum absolute atomic E-state index is 0.0635. The highest BCUT2D eigenvalue weighted by atomic mass is 35.5. The second-order valence-electron chi connectivity index (χ2n) is 6.42. The fraction of sp³-hybridized carbons (Fsp3) is 0.182. The van der Waals surface area contributed by atoms with Crippen LogP contribution in [-0.2, 0) is 4.79 Å². The van der Waals surface area contributed by atoms with Crippen LogP contribution in [0.15, 0.2) is 54.2 Å². The highest BCUT2D eigenvalue weighted by Gasteiger charge is 2.20. The summed E-state index contributed by atoms with van der Waals surface area (Å²) in [4.78, 5) is 21.1. The molecule has 0 fully saturated rings. The van der Waals surface area contributed by atoms with Crippen molar-refractivity contribution in [1.82, 2.24) is 0 Å². The van der Waals surface area contributed by atoms with Gasteiger partial charge in [0.2, 0.25) is 0 Å². The largest absolute Gasteiger partial charge is 0.397 e. The van der Waals surface area contributed by atoms with Crippen LogP contribution in [-0.4, -0.2) is 23.8 Å². The zero-order chi connectivity index (χ0) is 25.0. The second kappa shape index (κ2) is 14.1. The molecule has 6 nitrogen and oxygen atoms in total. The second-order valence-corrected chi connectivity index (χ2v) is 7.71. The van der Waals surface area contributed by atoms with Gasteiger partial charge in [0, 0.05) is 16.9 Å². The number of hydrogen-bond donors (Lipinski definition) is 4. The number of halogens is 3. The average molecular weight is 486 g/mol. The molecule has 1 heterocycles. The minimum Gasteiger partial charge on any atom is -0.397 e. The molecular weight excluding hydrogens is 460 g/mol. The van der Waals surface area contributed by atoms with Crippen LogP contribution >= 0.6 is 22.9 Å². The molecule has 2 aromatic rings. The van der Waals surface area contributed by atoms with Gasteiger partial charge in [-0.2, -0.15) is 0 Å². The molecule has 0 saturated carbocycles. The van der Waals surface area contributed by atoms with Crippen LogP contribution in [0.5, 0.6) is 0 Å². The molecule has 174 valence electrons. The summed E-state index contributed by atoms with van der Waals surface area (Å²) in [7, 11) is 0. The molecule has 2 rings (SSSR count). The average Bonchev–Trinajstić information content (AvgIpc) is 3.17. The third-order valence-electron chi connectivity index (χ3n) is 3.58. The molecule has 1 aromatic carbocycles. The van der Waals surface area contributed by atoms with Gasteiger partial charge in [-0.1, -0.05) is 38.6 Å². The fourth-order valence-electron chi connectivity index (χ4n) is 1.90. The van der Waals surface area contributed by atoms with E-state index in [1.807, 2.05) is 13.8 Å². The molecule has 0 unspecified atom stereocenters. The van der Waals surface area contributed by atoms with Gasteiger partial charge in [0.15, 0.2) is 5.78 Å². The third kappa shape index (κ3) is 8.62. The van der Waals surface area contributed by atoms with E-state index in [4.69, 9.17) is 33.9 Å². The molecule has 0 aliphatic carbocycles. The van der Waals surface area contributed by atoms with Gasteiger partial charge < -0.3 is 27.1 Å². The SMILES string of the molecule is C=C/C(N)=C(/N)C=C.CC(C)C=O.Nc1scc(-c2cc(F)c(Cl)c(F)c2)c1C(=O)CO. The molecule has 0 amide bonds. The van der Waals surface area contributed by atoms with Crippen LogP contribution in [0.1, 0.15) is 24.2 Å². The van der Waals surface area contributed by atoms with E-state index in [9.17, 15) is 18.4 Å². The van der Waals surface area contributed by atoms with Crippen molar-refractivity contribution in [3.8, 4) is 11.1 Å². The van der Waals surface area contributed by atoms with Gasteiger partial charge in [-0.05, 0) is 29.8 Å². The predicted molar refractivity (Wildman–Crippen MR) is 127 cm³/mol. The fourth-order valence-corrected chi connectivity index (χ4v) is 2.85. The highest BCUT2D eigenvalue weighted by molar-refractivity contribution is 7.15. The number of carbonyl (C=O) groups excluding carboxylic acids is 2. The van der Waals surface area contributed by atoms with Crippen LogP contribution in [0, 0.1) is 17.6 Å². The topological polar surface area (TPSA) is 132 Å². The Bertz CT molecular complexity index is 965. The molecule has 1 aromatic heterocycles. The number of nitrogen functional groups attached to an aromatic ring is 1. The van der Waals surface area contributed by atoms with Gasteiger partial charge in [0.05, 0.1) is 22.0 Å². The number of rotatable bonds is 6. The number of aliphatic hydroxyl groups is 1. The molecule has 7 N–H and O–H groups in total. The molecule has 0 atom stereocenters. The molecule has 0 aliphatic heterocycles. The zero-order valence-corrected chi connectivity index (χ0v) is 19.3. The van der Waals surface area contributed by atoms with E-state index in [1.165, 1.54) is 17.5 Å². The quantitative estimate of drug-likeness (QED) is 0.207. The smallest absolute Gasteiger partial charge is 0.191 e. The molecule has 0 aliphatic rings. The number of benzene rings is 1. The van der Waals surface area contributed by atoms with Crippen molar-refractivity contribution in [3.63, 3.8) is 0 Å². The van der Waals surface area contributed by atoms with E-state index in [-0.39, 0.29) is 27.6 Å². The lowest BCUT2D eigenvalue weighted by Crippen LogP contribution is -2.07. The number of aldehydes is 1. The standard InChI is InChI=1S/C12H8ClF2NO2S.C6H10N2.C4H8O/c13-11-7(14)1-5(2-8(11)15)6-4-19-12(16)10(6)9(18)3-17;1-3-5(7)6(8)4-2;1-4(2)3-5/h1-2,4,17H,3,16H2;3-4H,1-2,7-8H2;3-4H,1-2H3/b;6-5-;. The van der Waals surface area contributed by atoms with Crippen molar-refractivity contribution in [2.45, 2.75) is 13.8 Å². The molecule has 32 heavy (non-hydrogen) atoms. The van der Waals surface area contributed by atoms with Gasteiger partial charge in [-0.3, -0.25) is 4.79 Å². The Morgan fingerprint density at radius 2 is 1.62 bits per heavy atom. The van der Waals surface area contributed by atoms with Gasteiger partial charge in [0.25, 0.3) is 0 Å². The molecule has 0 bridgehead atoms. The Hall–Kier alpha value is -3.01. The van der Waals surface area contributed by atoms with Crippen LogP contribution < -0.4 is 17.2 Å². The van der Waals surface area contributed by atoms with Crippen LogP contribution in [0.2, 0.25) is 5.02 Å². The summed E-state index contributed by atoms with van der Waals surface area (Å²) in [6.45, 7) is 9.82. The summed E-state index contributed by atoms with van der Waals surface area (Å²) >= 11 is 6.45. The van der Waals surface area contributed by atoms with Gasteiger partial charge in [0.1, 0.15) is 29.6 Å². The van der Waals surface area contributed by atoms with Crippen molar-refractivity contribution in [3.05, 3.63) is 76.4 Å². The van der Waals surface area contributed by atoms with Crippen LogP contribution in [0.3, 0.4) is 0 Å². The number of thiophene rings is 1. The van der Waals surface area contributed by atoms with E-state index in [1.54, 1.807) is 0 Å². The van der Waals surface area contributed by atoms with Crippen molar-refractivity contribution in [2.75, 3.05) is 12.3 Å². The number of aliphatic hydroxyl groups excluding tert-OH is 1. The van der Waals surface area contributed by atoms with E-state index >= 15 is 0 Å². The summed E-state index contributed by atoms with van der Waals surface area (Å²) in [6.07, 6.45) is 3.88. The van der Waals surface area contributed by atoms with E-state index in [2.05, 4.69) is 13.2 Å². The number of nitrogens with two attached hydrogens (primary N) is 3. The maximum atomic E-state index is 13.4. The monoisotopic (exact) mass is 485 g/mol.